The van der Waals surface area contributed by atoms with Gasteiger partial charge in [-0.25, -0.2) is 18.5 Å². The maximum atomic E-state index is 11.1. The first-order valence-corrected chi connectivity index (χ1v) is 13.0. The summed E-state index contributed by atoms with van der Waals surface area (Å²) in [4.78, 5) is 11.7. The fraction of sp³-hybridized carbons (Fsp3) is 0.478. The van der Waals surface area contributed by atoms with Crippen LogP contribution in [0.5, 0.6) is 5.75 Å². The quantitative estimate of drug-likeness (QED) is 0.459. The van der Waals surface area contributed by atoms with Gasteiger partial charge in [0.25, 0.3) is 0 Å². The molecular weight excluding hydrogens is 440 g/mol. The molecule has 4 rings (SSSR count). The SMILES string of the molecule is Cc1ccc(O)c(Cn2c(NC3CCN(CCCS(N)(=O)=O)CC3)nc3c(C)cccc32)n1. The summed E-state index contributed by atoms with van der Waals surface area (Å²) >= 11 is 0. The minimum atomic E-state index is -3.40. The number of aromatic nitrogens is 3. The second-order valence-corrected chi connectivity index (χ2v) is 10.6. The number of anilines is 1. The molecule has 0 atom stereocenters. The molecule has 4 N–H and O–H groups in total. The van der Waals surface area contributed by atoms with E-state index in [1.54, 1.807) is 12.1 Å². The number of aryl methyl sites for hydroxylation is 2. The van der Waals surface area contributed by atoms with Gasteiger partial charge in [0.2, 0.25) is 16.0 Å². The lowest BCUT2D eigenvalue weighted by Crippen LogP contribution is -2.40. The molecule has 0 aliphatic carbocycles. The molecule has 33 heavy (non-hydrogen) atoms. The van der Waals surface area contributed by atoms with Crippen LogP contribution >= 0.6 is 0 Å². The Bertz CT molecular complexity index is 1230. The van der Waals surface area contributed by atoms with Crippen LogP contribution in [0.3, 0.4) is 0 Å². The van der Waals surface area contributed by atoms with E-state index in [4.69, 9.17) is 10.1 Å². The summed E-state index contributed by atoms with van der Waals surface area (Å²) in [5.41, 5.74) is 4.50. The van der Waals surface area contributed by atoms with Gasteiger partial charge in [-0.15, -0.1) is 0 Å². The number of benzene rings is 1. The summed E-state index contributed by atoms with van der Waals surface area (Å²) in [5.74, 6) is 0.970. The maximum absolute atomic E-state index is 11.1. The number of fused-ring (bicyclic) bond motifs is 1. The Morgan fingerprint density at radius 1 is 1.15 bits per heavy atom. The number of likely N-dealkylation sites (tertiary alicyclic amines) is 1. The summed E-state index contributed by atoms with van der Waals surface area (Å²) in [7, 11) is -3.40. The first kappa shape index (κ1) is 23.5. The number of pyridine rings is 1. The lowest BCUT2D eigenvalue weighted by molar-refractivity contribution is 0.219. The molecule has 178 valence electrons. The summed E-state index contributed by atoms with van der Waals surface area (Å²) in [6, 6.07) is 9.84. The largest absolute Gasteiger partial charge is 0.506 e. The van der Waals surface area contributed by atoms with Crippen molar-refractivity contribution in [2.45, 2.75) is 45.7 Å². The molecule has 10 heteroatoms. The molecule has 0 saturated carbocycles. The Morgan fingerprint density at radius 3 is 2.64 bits per heavy atom. The highest BCUT2D eigenvalue weighted by atomic mass is 32.2. The van der Waals surface area contributed by atoms with E-state index in [0.717, 1.165) is 60.7 Å². The van der Waals surface area contributed by atoms with Crippen LogP contribution in [0.1, 0.15) is 36.2 Å². The van der Waals surface area contributed by atoms with Gasteiger partial charge in [-0.05, 0) is 63.4 Å². The molecule has 2 aromatic heterocycles. The summed E-state index contributed by atoms with van der Waals surface area (Å²) < 4.78 is 24.4. The molecule has 0 bridgehead atoms. The molecule has 0 unspecified atom stereocenters. The van der Waals surface area contributed by atoms with E-state index in [1.165, 1.54) is 0 Å². The van der Waals surface area contributed by atoms with Gasteiger partial charge in [-0.1, -0.05) is 12.1 Å². The van der Waals surface area contributed by atoms with Crippen LogP contribution in [0.4, 0.5) is 5.95 Å². The highest BCUT2D eigenvalue weighted by molar-refractivity contribution is 7.89. The molecule has 1 saturated heterocycles. The molecule has 1 fully saturated rings. The fourth-order valence-corrected chi connectivity index (χ4v) is 4.93. The summed E-state index contributed by atoms with van der Waals surface area (Å²) in [6.07, 6.45) is 2.43. The van der Waals surface area contributed by atoms with Gasteiger partial charge in [0.15, 0.2) is 0 Å². The smallest absolute Gasteiger partial charge is 0.209 e. The van der Waals surface area contributed by atoms with Gasteiger partial charge >= 0.3 is 0 Å². The number of imidazole rings is 1. The average molecular weight is 473 g/mol. The van der Waals surface area contributed by atoms with Crippen LogP contribution in [0.2, 0.25) is 0 Å². The van der Waals surface area contributed by atoms with Crippen molar-refractivity contribution in [3.05, 3.63) is 47.3 Å². The van der Waals surface area contributed by atoms with Gasteiger partial charge in [0.05, 0.1) is 23.3 Å². The first-order chi connectivity index (χ1) is 15.7. The lowest BCUT2D eigenvalue weighted by atomic mass is 10.1. The Balaban J connectivity index is 1.49. The number of aromatic hydroxyl groups is 1. The predicted molar refractivity (Wildman–Crippen MR) is 130 cm³/mol. The molecule has 1 aliphatic rings. The Hall–Kier alpha value is -2.69. The van der Waals surface area contributed by atoms with E-state index < -0.39 is 10.0 Å². The number of rotatable bonds is 8. The van der Waals surface area contributed by atoms with Crippen LogP contribution < -0.4 is 10.5 Å². The monoisotopic (exact) mass is 472 g/mol. The molecule has 1 aromatic carbocycles. The standard InChI is InChI=1S/C23H32N6O3S/c1-16-5-3-6-20-22(16)27-23(29(20)15-19-21(30)8-7-17(2)25-19)26-18-9-12-28(13-10-18)11-4-14-33(24,31)32/h3,5-8,18,30H,4,9-15H2,1-2H3,(H,26,27)(H2,24,31,32). The molecule has 9 nitrogen and oxygen atoms in total. The average Bonchev–Trinajstić information content (AvgIpc) is 3.09. The third kappa shape index (κ3) is 5.82. The fourth-order valence-electron chi connectivity index (χ4n) is 4.40. The van der Waals surface area contributed by atoms with Gasteiger partial charge in [-0.3, -0.25) is 4.98 Å². The zero-order chi connectivity index (χ0) is 23.6. The van der Waals surface area contributed by atoms with Crippen LogP contribution in [-0.2, 0) is 16.6 Å². The van der Waals surface area contributed by atoms with Gasteiger partial charge in [0.1, 0.15) is 11.4 Å². The molecule has 1 aliphatic heterocycles. The number of primary sulfonamides is 1. The number of nitrogens with zero attached hydrogens (tertiary/aromatic N) is 4. The van der Waals surface area contributed by atoms with Crippen LogP contribution in [-0.4, -0.2) is 64.4 Å². The second kappa shape index (κ2) is 9.66. The first-order valence-electron chi connectivity index (χ1n) is 11.3. The van der Waals surface area contributed by atoms with Crippen molar-refractivity contribution in [3.63, 3.8) is 0 Å². The van der Waals surface area contributed by atoms with Crippen molar-refractivity contribution in [2.24, 2.45) is 5.14 Å². The van der Waals surface area contributed by atoms with E-state index in [0.29, 0.717) is 18.7 Å². The minimum Gasteiger partial charge on any atom is -0.506 e. The third-order valence-corrected chi connectivity index (χ3v) is 7.06. The van der Waals surface area contributed by atoms with Crippen LogP contribution in [0.15, 0.2) is 30.3 Å². The molecule has 0 spiro atoms. The van der Waals surface area contributed by atoms with E-state index in [9.17, 15) is 13.5 Å². The second-order valence-electron chi connectivity index (χ2n) is 8.86. The van der Waals surface area contributed by atoms with Gasteiger partial charge < -0.3 is 19.9 Å². The zero-order valence-corrected chi connectivity index (χ0v) is 20.0. The number of sulfonamides is 1. The molecule has 0 amide bonds. The lowest BCUT2D eigenvalue weighted by Gasteiger charge is -2.32. The van der Waals surface area contributed by atoms with E-state index >= 15 is 0 Å². The van der Waals surface area contributed by atoms with Crippen LogP contribution in [0.25, 0.3) is 11.0 Å². The molecule has 3 heterocycles. The van der Waals surface area contributed by atoms with Crippen molar-refractivity contribution in [2.75, 3.05) is 30.7 Å². The van der Waals surface area contributed by atoms with E-state index in [-0.39, 0.29) is 17.5 Å². The maximum Gasteiger partial charge on any atom is 0.209 e. The molecule has 0 radical (unpaired) electrons. The number of hydrogen-bond donors (Lipinski definition) is 3. The molecular formula is C23H32N6O3S. The van der Waals surface area contributed by atoms with Gasteiger partial charge in [-0.2, -0.15) is 0 Å². The highest BCUT2D eigenvalue weighted by Crippen LogP contribution is 2.27. The van der Waals surface area contributed by atoms with Crippen molar-refractivity contribution in [3.8, 4) is 5.75 Å². The predicted octanol–water partition coefficient (Wildman–Crippen LogP) is 2.36. The van der Waals surface area contributed by atoms with E-state index in [2.05, 4.69) is 19.8 Å². The van der Waals surface area contributed by atoms with Crippen molar-refractivity contribution < 1.29 is 13.5 Å². The summed E-state index contributed by atoms with van der Waals surface area (Å²) in [6.45, 7) is 6.89. The number of nitrogens with two attached hydrogens (primary N) is 1. The number of piperidine rings is 1. The number of nitrogens with one attached hydrogen (secondary N) is 1. The van der Waals surface area contributed by atoms with Crippen LogP contribution in [0, 0.1) is 13.8 Å². The van der Waals surface area contributed by atoms with Gasteiger partial charge in [0, 0.05) is 24.8 Å². The van der Waals surface area contributed by atoms with Crippen molar-refractivity contribution in [1.82, 2.24) is 19.4 Å². The van der Waals surface area contributed by atoms with Crippen molar-refractivity contribution >= 4 is 27.0 Å². The number of hydrogen-bond acceptors (Lipinski definition) is 7. The molecule has 3 aromatic rings. The third-order valence-electron chi connectivity index (χ3n) is 6.20. The minimum absolute atomic E-state index is 0.0222. The van der Waals surface area contributed by atoms with Crippen molar-refractivity contribution in [1.29, 1.82) is 0 Å². The summed E-state index contributed by atoms with van der Waals surface area (Å²) in [5, 5.41) is 19.1. The Labute approximate surface area is 194 Å². The Morgan fingerprint density at radius 2 is 1.91 bits per heavy atom. The number of para-hydroxylation sites is 1. The highest BCUT2D eigenvalue weighted by Gasteiger charge is 2.22. The zero-order valence-electron chi connectivity index (χ0n) is 19.2. The normalized spacial score (nSPS) is 15.8. The Kier molecular flexibility index (Phi) is 6.87. The van der Waals surface area contributed by atoms with E-state index in [1.807, 2.05) is 32.0 Å². The topological polar surface area (TPSA) is 126 Å².